The molecule has 0 unspecified atom stereocenters. The van der Waals surface area contributed by atoms with Crippen molar-refractivity contribution in [1.82, 2.24) is 0 Å². The fraction of sp³-hybridized carbons (Fsp3) is 0.158. The number of hydrogen-bond donors (Lipinski definition) is 1. The molecule has 0 spiro atoms. The summed E-state index contributed by atoms with van der Waals surface area (Å²) >= 11 is 0. The van der Waals surface area contributed by atoms with Crippen molar-refractivity contribution in [3.05, 3.63) is 72.3 Å². The van der Waals surface area contributed by atoms with E-state index in [1.165, 1.54) is 11.4 Å². The van der Waals surface area contributed by atoms with Gasteiger partial charge in [0.15, 0.2) is 0 Å². The molecule has 21 heavy (non-hydrogen) atoms. The van der Waals surface area contributed by atoms with Crippen LogP contribution < -0.4 is 10.6 Å². The lowest BCUT2D eigenvalue weighted by Gasteiger charge is -2.20. The monoisotopic (exact) mass is 276 g/mol. The predicted octanol–water partition coefficient (Wildman–Crippen LogP) is 3.69. The number of fused-ring (bicyclic) bond motifs is 2. The summed E-state index contributed by atoms with van der Waals surface area (Å²) in [6, 6.07) is 16.5. The third kappa shape index (κ3) is 3.53. The summed E-state index contributed by atoms with van der Waals surface area (Å²) in [5.41, 5.74) is 9.57. The van der Waals surface area contributed by atoms with Gasteiger partial charge < -0.3 is 10.6 Å². The van der Waals surface area contributed by atoms with Gasteiger partial charge in [-0.1, -0.05) is 42.2 Å². The van der Waals surface area contributed by atoms with Crippen molar-refractivity contribution in [3.8, 4) is 11.8 Å². The molecule has 3 rings (SSSR count). The molecule has 0 amide bonds. The molecule has 0 saturated carbocycles. The highest BCUT2D eigenvalue weighted by molar-refractivity contribution is 5.76. The fourth-order valence-electron chi connectivity index (χ4n) is 2.13. The minimum Gasteiger partial charge on any atom is -0.343 e. The third-order valence-corrected chi connectivity index (χ3v) is 3.23. The fourth-order valence-corrected chi connectivity index (χ4v) is 2.13. The molecule has 0 atom stereocenters. The van der Waals surface area contributed by atoms with Gasteiger partial charge in [0.05, 0.1) is 11.4 Å². The molecule has 2 nitrogen and oxygen atoms in total. The molecule has 1 heterocycles. The van der Waals surface area contributed by atoms with Crippen molar-refractivity contribution >= 4 is 11.4 Å². The molecule has 2 aromatic carbocycles. The molecule has 0 saturated heterocycles. The maximum Gasteiger partial charge on any atom is 0.0567 e. The van der Waals surface area contributed by atoms with Crippen molar-refractivity contribution < 1.29 is 0 Å². The molecule has 0 bridgehead atoms. The summed E-state index contributed by atoms with van der Waals surface area (Å²) in [5, 5.41) is 0. The van der Waals surface area contributed by atoms with Crippen LogP contribution in [0.25, 0.3) is 0 Å². The second-order valence-electron chi connectivity index (χ2n) is 4.71. The zero-order chi connectivity index (χ0) is 15.1. The minimum atomic E-state index is 0.726. The van der Waals surface area contributed by atoms with Crippen molar-refractivity contribution in [3.63, 3.8) is 0 Å². The first kappa shape index (κ1) is 14.9. The molecule has 0 aliphatic carbocycles. The Morgan fingerprint density at radius 1 is 1.00 bits per heavy atom. The van der Waals surface area contributed by atoms with Crippen LogP contribution in [0.3, 0.4) is 0 Å². The normalized spacial score (nSPS) is 10.9. The zero-order valence-electron chi connectivity index (χ0n) is 12.3. The summed E-state index contributed by atoms with van der Waals surface area (Å²) in [6.45, 7) is 4.20. The van der Waals surface area contributed by atoms with E-state index in [9.17, 15) is 0 Å². The standard InChI is InChI=1S/C15H11N.C4H9N/c1-16-14-8-4-2-6-12(14)10-11-13-7-3-5-9-15(13)16;1-2-3-4-5/h2-9H,1H3;2H,1,3-5H2. The molecule has 1 aliphatic rings. The largest absolute Gasteiger partial charge is 0.343 e. The average Bonchev–Trinajstić information content (AvgIpc) is 2.67. The summed E-state index contributed by atoms with van der Waals surface area (Å²) < 4.78 is 0. The zero-order valence-corrected chi connectivity index (χ0v) is 12.3. The molecular weight excluding hydrogens is 256 g/mol. The van der Waals surface area contributed by atoms with E-state index in [0.717, 1.165) is 24.1 Å². The van der Waals surface area contributed by atoms with Crippen LogP contribution in [0.2, 0.25) is 0 Å². The third-order valence-electron chi connectivity index (χ3n) is 3.23. The molecule has 2 aromatic rings. The Kier molecular flexibility index (Phi) is 5.20. The Morgan fingerprint density at radius 2 is 1.48 bits per heavy atom. The van der Waals surface area contributed by atoms with Gasteiger partial charge in [-0.3, -0.25) is 0 Å². The molecule has 1 aliphatic heterocycles. The van der Waals surface area contributed by atoms with Gasteiger partial charge in [-0.25, -0.2) is 0 Å². The number of nitrogens with two attached hydrogens (primary N) is 1. The van der Waals surface area contributed by atoms with E-state index >= 15 is 0 Å². The van der Waals surface area contributed by atoms with E-state index in [2.05, 4.69) is 54.6 Å². The maximum atomic E-state index is 5.07. The molecule has 0 fully saturated rings. The van der Waals surface area contributed by atoms with Gasteiger partial charge in [-0.15, -0.1) is 6.58 Å². The Hall–Kier alpha value is -2.50. The van der Waals surface area contributed by atoms with Crippen molar-refractivity contribution in [2.45, 2.75) is 6.42 Å². The molecule has 0 radical (unpaired) electrons. The van der Waals surface area contributed by atoms with Gasteiger partial charge in [-0.05, 0) is 37.2 Å². The van der Waals surface area contributed by atoms with Gasteiger partial charge in [0.2, 0.25) is 0 Å². The van der Waals surface area contributed by atoms with Gasteiger partial charge in [0, 0.05) is 18.2 Å². The van der Waals surface area contributed by atoms with E-state index in [0.29, 0.717) is 0 Å². The quantitative estimate of drug-likeness (QED) is 0.669. The molecular formula is C19H20N2. The number of nitrogens with zero attached hydrogens (tertiary/aromatic N) is 1. The summed E-state index contributed by atoms with van der Waals surface area (Å²) in [5.74, 6) is 6.44. The topological polar surface area (TPSA) is 29.3 Å². The lowest BCUT2D eigenvalue weighted by Crippen LogP contribution is -2.11. The molecule has 0 aromatic heterocycles. The van der Waals surface area contributed by atoms with Gasteiger partial charge in [0.1, 0.15) is 0 Å². The Bertz CT molecular complexity index is 626. The number of para-hydroxylation sites is 2. The lowest BCUT2D eigenvalue weighted by molar-refractivity contribution is 1.01. The van der Waals surface area contributed by atoms with Crippen LogP contribution in [-0.2, 0) is 0 Å². The Labute approximate surface area is 126 Å². The van der Waals surface area contributed by atoms with Crippen LogP contribution in [0, 0.1) is 11.8 Å². The van der Waals surface area contributed by atoms with Gasteiger partial charge in [-0.2, -0.15) is 0 Å². The Balaban J connectivity index is 0.000000282. The Morgan fingerprint density at radius 3 is 1.86 bits per heavy atom. The first-order valence-electron chi connectivity index (χ1n) is 7.02. The van der Waals surface area contributed by atoms with Crippen LogP contribution in [0.5, 0.6) is 0 Å². The minimum absolute atomic E-state index is 0.726. The second kappa shape index (κ2) is 7.33. The molecule has 106 valence electrons. The smallest absolute Gasteiger partial charge is 0.0567 e. The van der Waals surface area contributed by atoms with Crippen LogP contribution in [0.4, 0.5) is 11.4 Å². The summed E-state index contributed by atoms with van der Waals surface area (Å²) in [6.07, 6.45) is 2.74. The van der Waals surface area contributed by atoms with Gasteiger partial charge >= 0.3 is 0 Å². The number of benzene rings is 2. The number of hydrogen-bond acceptors (Lipinski definition) is 2. The van der Waals surface area contributed by atoms with Crippen molar-refractivity contribution in [2.24, 2.45) is 5.73 Å². The van der Waals surface area contributed by atoms with E-state index < -0.39 is 0 Å². The van der Waals surface area contributed by atoms with Crippen molar-refractivity contribution in [2.75, 3.05) is 18.5 Å². The highest BCUT2D eigenvalue weighted by Gasteiger charge is 2.12. The SMILES string of the molecule is C=CCCN.CN1c2ccccc2C#Cc2ccccc21. The van der Waals surface area contributed by atoms with E-state index in [1.54, 1.807) is 6.08 Å². The second-order valence-corrected chi connectivity index (χ2v) is 4.71. The number of anilines is 2. The summed E-state index contributed by atoms with van der Waals surface area (Å²) in [7, 11) is 2.08. The maximum absolute atomic E-state index is 5.07. The predicted molar refractivity (Wildman–Crippen MR) is 90.8 cm³/mol. The highest BCUT2D eigenvalue weighted by atomic mass is 15.1. The average molecular weight is 276 g/mol. The van der Waals surface area contributed by atoms with Crippen LogP contribution in [0.1, 0.15) is 17.5 Å². The van der Waals surface area contributed by atoms with Crippen LogP contribution in [0.15, 0.2) is 61.2 Å². The first-order chi connectivity index (χ1) is 10.3. The van der Waals surface area contributed by atoms with Gasteiger partial charge in [0.25, 0.3) is 0 Å². The van der Waals surface area contributed by atoms with Crippen molar-refractivity contribution in [1.29, 1.82) is 0 Å². The van der Waals surface area contributed by atoms with E-state index in [-0.39, 0.29) is 0 Å². The highest BCUT2D eigenvalue weighted by Crippen LogP contribution is 2.30. The molecule has 2 N–H and O–H groups in total. The lowest BCUT2D eigenvalue weighted by atomic mass is 10.1. The van der Waals surface area contributed by atoms with Crippen LogP contribution >= 0.6 is 0 Å². The first-order valence-corrected chi connectivity index (χ1v) is 7.02. The van der Waals surface area contributed by atoms with E-state index in [4.69, 9.17) is 5.73 Å². The van der Waals surface area contributed by atoms with Crippen LogP contribution in [-0.4, -0.2) is 13.6 Å². The molecule has 2 heteroatoms. The van der Waals surface area contributed by atoms with E-state index in [1.807, 2.05) is 24.3 Å². The number of rotatable bonds is 2. The summed E-state index contributed by atoms with van der Waals surface area (Å²) in [4.78, 5) is 2.18.